The van der Waals surface area contributed by atoms with Gasteiger partial charge in [-0.2, -0.15) is 5.26 Å². The Bertz CT molecular complexity index is 355. The van der Waals surface area contributed by atoms with Crippen LogP contribution in [-0.2, 0) is 0 Å². The molecule has 0 fully saturated rings. The van der Waals surface area contributed by atoms with Crippen molar-refractivity contribution < 1.29 is 0 Å². The second-order valence-electron chi connectivity index (χ2n) is 3.23. The van der Waals surface area contributed by atoms with E-state index in [1.165, 1.54) is 0 Å². The van der Waals surface area contributed by atoms with E-state index in [1.807, 2.05) is 12.1 Å². The SMILES string of the molecule is CCC(C)Nc1cccc(Cl)c1C#N. The Kier molecular flexibility index (Phi) is 3.79. The number of nitrogens with zero attached hydrogens (tertiary/aromatic N) is 1. The average Bonchev–Trinajstić information content (AvgIpc) is 2.18. The second-order valence-corrected chi connectivity index (χ2v) is 3.64. The van der Waals surface area contributed by atoms with E-state index in [0.29, 0.717) is 16.6 Å². The highest BCUT2D eigenvalue weighted by atomic mass is 35.5. The molecule has 0 radical (unpaired) electrons. The minimum absolute atomic E-state index is 0.348. The van der Waals surface area contributed by atoms with Gasteiger partial charge in [-0.3, -0.25) is 0 Å². The molecular formula is C11H13ClN2. The molecule has 0 amide bonds. The maximum Gasteiger partial charge on any atom is 0.103 e. The van der Waals surface area contributed by atoms with Crippen molar-refractivity contribution in [3.63, 3.8) is 0 Å². The number of rotatable bonds is 3. The zero-order valence-electron chi connectivity index (χ0n) is 8.34. The first kappa shape index (κ1) is 10.9. The first-order chi connectivity index (χ1) is 6.69. The largest absolute Gasteiger partial charge is 0.381 e. The monoisotopic (exact) mass is 208 g/mol. The summed E-state index contributed by atoms with van der Waals surface area (Å²) in [5.74, 6) is 0. The Hall–Kier alpha value is -1.20. The first-order valence-corrected chi connectivity index (χ1v) is 5.02. The fraction of sp³-hybridized carbons (Fsp3) is 0.364. The highest BCUT2D eigenvalue weighted by Gasteiger charge is 2.07. The number of halogens is 1. The van der Waals surface area contributed by atoms with Crippen LogP contribution in [0.4, 0.5) is 5.69 Å². The van der Waals surface area contributed by atoms with Crippen molar-refractivity contribution in [3.8, 4) is 6.07 Å². The first-order valence-electron chi connectivity index (χ1n) is 4.64. The Labute approximate surface area is 89.5 Å². The number of hydrogen-bond acceptors (Lipinski definition) is 2. The summed E-state index contributed by atoms with van der Waals surface area (Å²) in [5.41, 5.74) is 1.34. The van der Waals surface area contributed by atoms with Gasteiger partial charge >= 0.3 is 0 Å². The molecule has 0 aliphatic rings. The van der Waals surface area contributed by atoms with Crippen molar-refractivity contribution >= 4 is 17.3 Å². The van der Waals surface area contributed by atoms with Crippen LogP contribution in [0.1, 0.15) is 25.8 Å². The maximum atomic E-state index is 8.91. The lowest BCUT2D eigenvalue weighted by Gasteiger charge is -2.14. The van der Waals surface area contributed by atoms with Gasteiger partial charge in [-0.15, -0.1) is 0 Å². The minimum Gasteiger partial charge on any atom is -0.381 e. The van der Waals surface area contributed by atoms with Gasteiger partial charge in [0, 0.05) is 6.04 Å². The number of hydrogen-bond donors (Lipinski definition) is 1. The van der Waals surface area contributed by atoms with E-state index < -0.39 is 0 Å². The van der Waals surface area contributed by atoms with Gasteiger partial charge < -0.3 is 5.32 Å². The molecule has 14 heavy (non-hydrogen) atoms. The fourth-order valence-corrected chi connectivity index (χ4v) is 1.34. The molecule has 1 atom stereocenters. The van der Waals surface area contributed by atoms with Crippen LogP contribution in [-0.4, -0.2) is 6.04 Å². The van der Waals surface area contributed by atoms with E-state index in [0.717, 1.165) is 12.1 Å². The zero-order valence-corrected chi connectivity index (χ0v) is 9.10. The third-order valence-electron chi connectivity index (χ3n) is 2.14. The maximum absolute atomic E-state index is 8.91. The van der Waals surface area contributed by atoms with E-state index in [1.54, 1.807) is 6.07 Å². The smallest absolute Gasteiger partial charge is 0.103 e. The number of nitrogens with one attached hydrogen (secondary N) is 1. The summed E-state index contributed by atoms with van der Waals surface area (Å²) in [7, 11) is 0. The Morgan fingerprint density at radius 2 is 2.29 bits per heavy atom. The number of anilines is 1. The molecule has 0 saturated carbocycles. The minimum atomic E-state index is 0.348. The summed E-state index contributed by atoms with van der Waals surface area (Å²) in [6, 6.07) is 7.88. The Morgan fingerprint density at radius 3 is 2.86 bits per heavy atom. The fourth-order valence-electron chi connectivity index (χ4n) is 1.13. The van der Waals surface area contributed by atoms with Gasteiger partial charge in [0.15, 0.2) is 0 Å². The van der Waals surface area contributed by atoms with Crippen molar-refractivity contribution in [2.75, 3.05) is 5.32 Å². The molecule has 1 unspecified atom stereocenters. The molecule has 1 rings (SSSR count). The summed E-state index contributed by atoms with van der Waals surface area (Å²) in [6.45, 7) is 4.16. The molecule has 0 aliphatic carbocycles. The summed E-state index contributed by atoms with van der Waals surface area (Å²) < 4.78 is 0. The molecule has 3 heteroatoms. The van der Waals surface area contributed by atoms with E-state index in [2.05, 4.69) is 25.2 Å². The molecule has 0 bridgehead atoms. The summed E-state index contributed by atoms with van der Waals surface area (Å²) in [6.07, 6.45) is 1.01. The highest BCUT2D eigenvalue weighted by molar-refractivity contribution is 6.32. The van der Waals surface area contributed by atoms with E-state index in [9.17, 15) is 0 Å². The molecule has 0 aromatic heterocycles. The van der Waals surface area contributed by atoms with Crippen LogP contribution in [0.25, 0.3) is 0 Å². The topological polar surface area (TPSA) is 35.8 Å². The molecule has 0 saturated heterocycles. The average molecular weight is 209 g/mol. The Balaban J connectivity index is 2.98. The van der Waals surface area contributed by atoms with Gasteiger partial charge in [0.05, 0.1) is 16.3 Å². The van der Waals surface area contributed by atoms with Crippen molar-refractivity contribution in [2.45, 2.75) is 26.3 Å². The summed E-state index contributed by atoms with van der Waals surface area (Å²) >= 11 is 5.89. The standard InChI is InChI=1S/C11H13ClN2/c1-3-8(2)14-11-6-4-5-10(12)9(11)7-13/h4-6,8,14H,3H2,1-2H3. The van der Waals surface area contributed by atoms with Crippen LogP contribution in [0, 0.1) is 11.3 Å². The lowest BCUT2D eigenvalue weighted by atomic mass is 10.1. The molecule has 0 aliphatic heterocycles. The van der Waals surface area contributed by atoms with E-state index >= 15 is 0 Å². The van der Waals surface area contributed by atoms with Crippen LogP contribution in [0.15, 0.2) is 18.2 Å². The summed E-state index contributed by atoms with van der Waals surface area (Å²) in [4.78, 5) is 0. The molecule has 0 heterocycles. The van der Waals surface area contributed by atoms with Gasteiger partial charge in [0.1, 0.15) is 6.07 Å². The Morgan fingerprint density at radius 1 is 1.57 bits per heavy atom. The highest BCUT2D eigenvalue weighted by Crippen LogP contribution is 2.23. The molecule has 1 aromatic carbocycles. The van der Waals surface area contributed by atoms with E-state index in [-0.39, 0.29) is 0 Å². The van der Waals surface area contributed by atoms with Gasteiger partial charge in [-0.05, 0) is 25.5 Å². The predicted octanol–water partition coefficient (Wildman–Crippen LogP) is 3.42. The second kappa shape index (κ2) is 4.88. The number of benzene rings is 1. The quantitative estimate of drug-likeness (QED) is 0.826. The van der Waals surface area contributed by atoms with Crippen molar-refractivity contribution in [3.05, 3.63) is 28.8 Å². The van der Waals surface area contributed by atoms with Gasteiger partial charge in [0.25, 0.3) is 0 Å². The lowest BCUT2D eigenvalue weighted by molar-refractivity contribution is 0.764. The van der Waals surface area contributed by atoms with Crippen LogP contribution in [0.2, 0.25) is 5.02 Å². The molecular weight excluding hydrogens is 196 g/mol. The van der Waals surface area contributed by atoms with Crippen LogP contribution in [0.5, 0.6) is 0 Å². The van der Waals surface area contributed by atoms with Crippen LogP contribution >= 0.6 is 11.6 Å². The van der Waals surface area contributed by atoms with E-state index in [4.69, 9.17) is 16.9 Å². The van der Waals surface area contributed by atoms with Crippen LogP contribution in [0.3, 0.4) is 0 Å². The molecule has 74 valence electrons. The molecule has 1 aromatic rings. The third-order valence-corrected chi connectivity index (χ3v) is 2.45. The number of nitriles is 1. The lowest BCUT2D eigenvalue weighted by Crippen LogP contribution is -2.14. The van der Waals surface area contributed by atoms with Gasteiger partial charge in [0.2, 0.25) is 0 Å². The van der Waals surface area contributed by atoms with Crippen molar-refractivity contribution in [1.29, 1.82) is 5.26 Å². The molecule has 1 N–H and O–H groups in total. The van der Waals surface area contributed by atoms with Gasteiger partial charge in [-0.25, -0.2) is 0 Å². The third kappa shape index (κ3) is 2.40. The van der Waals surface area contributed by atoms with Crippen molar-refractivity contribution in [1.82, 2.24) is 0 Å². The zero-order chi connectivity index (χ0) is 10.6. The molecule has 2 nitrogen and oxygen atoms in total. The normalized spacial score (nSPS) is 11.9. The summed E-state index contributed by atoms with van der Waals surface area (Å²) in [5, 5.41) is 12.7. The molecule has 0 spiro atoms. The van der Waals surface area contributed by atoms with Crippen molar-refractivity contribution in [2.24, 2.45) is 0 Å². The predicted molar refractivity (Wildman–Crippen MR) is 59.5 cm³/mol. The van der Waals surface area contributed by atoms with Crippen LogP contribution < -0.4 is 5.32 Å². The van der Waals surface area contributed by atoms with Gasteiger partial charge in [-0.1, -0.05) is 24.6 Å².